The molecule has 2 rings (SSSR count). The smallest absolute Gasteiger partial charge is 0.306 e. The molecule has 0 radical (unpaired) electrons. The molecule has 0 aliphatic rings. The van der Waals surface area contributed by atoms with Crippen LogP contribution in [-0.4, -0.2) is 28.5 Å². The van der Waals surface area contributed by atoms with Crippen molar-refractivity contribution in [3.63, 3.8) is 0 Å². The lowest BCUT2D eigenvalue weighted by molar-refractivity contribution is -0.142. The third-order valence-electron chi connectivity index (χ3n) is 3.29. The highest BCUT2D eigenvalue weighted by atomic mass is 16.5. The number of hydrogen-bond acceptors (Lipinski definition) is 6. The largest absolute Gasteiger partial charge is 0.466 e. The number of rotatable bonds is 6. The molecule has 0 spiro atoms. The normalized spacial score (nSPS) is 11.3. The maximum Gasteiger partial charge on any atom is 0.306 e. The maximum absolute atomic E-state index is 11.4. The summed E-state index contributed by atoms with van der Waals surface area (Å²) >= 11 is 0. The zero-order valence-electron chi connectivity index (χ0n) is 12.9. The fraction of sp³-hybridized carbons (Fsp3) is 0.235. The van der Waals surface area contributed by atoms with Crippen molar-refractivity contribution in [1.29, 1.82) is 0 Å². The summed E-state index contributed by atoms with van der Waals surface area (Å²) in [7, 11) is 0. The molecular weight excluding hydrogens is 294 g/mol. The number of carbonyl (C=O) groups excluding carboxylic acids is 1. The van der Waals surface area contributed by atoms with Crippen LogP contribution in [0.1, 0.15) is 25.3 Å². The predicted octanol–water partition coefficient (Wildman–Crippen LogP) is 2.85. The summed E-state index contributed by atoms with van der Waals surface area (Å²) < 4.78 is 4.86. The van der Waals surface area contributed by atoms with E-state index in [1.54, 1.807) is 19.2 Å². The van der Waals surface area contributed by atoms with Crippen molar-refractivity contribution in [2.24, 2.45) is 5.16 Å². The number of nitrogens with two attached hydrogens (primary N) is 1. The highest BCUT2D eigenvalue weighted by molar-refractivity contribution is 6.02. The lowest BCUT2D eigenvalue weighted by atomic mass is 10.0. The summed E-state index contributed by atoms with van der Waals surface area (Å²) in [6.07, 6.45) is 1.97. The van der Waals surface area contributed by atoms with E-state index in [0.29, 0.717) is 29.3 Å². The van der Waals surface area contributed by atoms with Crippen molar-refractivity contribution >= 4 is 17.4 Å². The fourth-order valence-electron chi connectivity index (χ4n) is 2.18. The molecule has 3 N–H and O–H groups in total. The summed E-state index contributed by atoms with van der Waals surface area (Å²) in [5.41, 5.74) is 9.03. The maximum atomic E-state index is 11.4. The summed E-state index contributed by atoms with van der Waals surface area (Å²) in [4.78, 5) is 15.7. The van der Waals surface area contributed by atoms with Gasteiger partial charge in [0, 0.05) is 23.7 Å². The Hall–Kier alpha value is -2.89. The zero-order valence-corrected chi connectivity index (χ0v) is 12.9. The summed E-state index contributed by atoms with van der Waals surface area (Å²) in [5, 5.41) is 12.4. The number of anilines is 1. The Morgan fingerprint density at radius 3 is 2.65 bits per heavy atom. The minimum absolute atomic E-state index is 0.133. The Morgan fingerprint density at radius 2 is 2.04 bits per heavy atom. The van der Waals surface area contributed by atoms with Crippen molar-refractivity contribution in [2.75, 3.05) is 12.3 Å². The third kappa shape index (κ3) is 4.29. The van der Waals surface area contributed by atoms with Gasteiger partial charge in [-0.3, -0.25) is 9.78 Å². The molecule has 1 heterocycles. The van der Waals surface area contributed by atoms with E-state index >= 15 is 0 Å². The van der Waals surface area contributed by atoms with Crippen molar-refractivity contribution in [3.05, 3.63) is 48.2 Å². The number of aromatic nitrogens is 1. The van der Waals surface area contributed by atoms with Crippen LogP contribution in [-0.2, 0) is 9.53 Å². The van der Waals surface area contributed by atoms with Gasteiger partial charge in [-0.05, 0) is 13.0 Å². The topological polar surface area (TPSA) is 97.8 Å². The second-order valence-electron chi connectivity index (χ2n) is 4.88. The number of nitrogen functional groups attached to an aromatic ring is 1. The molecule has 0 atom stereocenters. The monoisotopic (exact) mass is 313 g/mol. The van der Waals surface area contributed by atoms with E-state index in [0.717, 1.165) is 5.56 Å². The van der Waals surface area contributed by atoms with Crippen molar-refractivity contribution < 1.29 is 14.7 Å². The number of benzene rings is 1. The lowest BCUT2D eigenvalue weighted by Crippen LogP contribution is -2.10. The Bertz CT molecular complexity index is 699. The quantitative estimate of drug-likeness (QED) is 0.370. The molecular formula is C17H19N3O3. The average molecular weight is 313 g/mol. The molecule has 0 amide bonds. The number of pyridine rings is 1. The first kappa shape index (κ1) is 16.5. The summed E-state index contributed by atoms with van der Waals surface area (Å²) in [6.45, 7) is 2.07. The molecule has 0 aliphatic carbocycles. The predicted molar refractivity (Wildman–Crippen MR) is 88.3 cm³/mol. The van der Waals surface area contributed by atoms with Gasteiger partial charge in [-0.25, -0.2) is 0 Å². The lowest BCUT2D eigenvalue weighted by Gasteiger charge is -2.09. The Kier molecular flexibility index (Phi) is 5.68. The first-order valence-corrected chi connectivity index (χ1v) is 7.33. The zero-order chi connectivity index (χ0) is 16.7. The SMILES string of the molecule is CCOC(=O)CC/C(=N\O)c1cnc(-c2ccccc2)c(N)c1. The molecule has 0 aliphatic heterocycles. The molecule has 2 aromatic rings. The van der Waals surface area contributed by atoms with Gasteiger partial charge in [0.25, 0.3) is 0 Å². The fourth-order valence-corrected chi connectivity index (χ4v) is 2.18. The van der Waals surface area contributed by atoms with Gasteiger partial charge in [0.15, 0.2) is 0 Å². The van der Waals surface area contributed by atoms with Gasteiger partial charge in [0.1, 0.15) is 0 Å². The minimum Gasteiger partial charge on any atom is -0.466 e. The van der Waals surface area contributed by atoms with E-state index in [1.165, 1.54) is 0 Å². The summed E-state index contributed by atoms with van der Waals surface area (Å²) in [5.74, 6) is -0.338. The first-order valence-electron chi connectivity index (χ1n) is 7.33. The average Bonchev–Trinajstić information content (AvgIpc) is 2.56. The van der Waals surface area contributed by atoms with Crippen molar-refractivity contribution in [3.8, 4) is 11.3 Å². The molecule has 0 bridgehead atoms. The number of esters is 1. The molecule has 1 aromatic carbocycles. The second kappa shape index (κ2) is 7.93. The van der Waals surface area contributed by atoms with Gasteiger partial charge in [-0.2, -0.15) is 0 Å². The van der Waals surface area contributed by atoms with Gasteiger partial charge < -0.3 is 15.7 Å². The Labute approximate surface area is 134 Å². The van der Waals surface area contributed by atoms with Crippen LogP contribution in [0.3, 0.4) is 0 Å². The van der Waals surface area contributed by atoms with Crippen molar-refractivity contribution in [2.45, 2.75) is 19.8 Å². The number of carbonyl (C=O) groups is 1. The van der Waals surface area contributed by atoms with Gasteiger partial charge in [-0.1, -0.05) is 35.5 Å². The van der Waals surface area contributed by atoms with Crippen LogP contribution < -0.4 is 5.73 Å². The molecule has 0 fully saturated rings. The van der Waals surface area contributed by atoms with Gasteiger partial charge in [-0.15, -0.1) is 0 Å². The van der Waals surface area contributed by atoms with Crippen LogP contribution in [0.15, 0.2) is 47.8 Å². The Balaban J connectivity index is 2.17. The van der Waals surface area contributed by atoms with E-state index in [1.807, 2.05) is 30.3 Å². The van der Waals surface area contributed by atoms with E-state index in [2.05, 4.69) is 10.1 Å². The Morgan fingerprint density at radius 1 is 1.30 bits per heavy atom. The molecule has 23 heavy (non-hydrogen) atoms. The van der Waals surface area contributed by atoms with Crippen LogP contribution in [0.2, 0.25) is 0 Å². The summed E-state index contributed by atoms with van der Waals surface area (Å²) in [6, 6.07) is 11.3. The van der Waals surface area contributed by atoms with E-state index in [4.69, 9.17) is 15.7 Å². The highest BCUT2D eigenvalue weighted by Crippen LogP contribution is 2.24. The van der Waals surface area contributed by atoms with E-state index in [9.17, 15) is 4.79 Å². The standard InChI is InChI=1S/C17H19N3O3/c1-2-23-16(21)9-8-15(20-22)13-10-14(18)17(19-11-13)12-6-4-3-5-7-12/h3-7,10-11,22H,2,8-9,18H2,1H3/b20-15+. The number of ether oxygens (including phenoxy) is 1. The van der Waals surface area contributed by atoms with Crippen molar-refractivity contribution in [1.82, 2.24) is 4.98 Å². The van der Waals surface area contributed by atoms with Crippen LogP contribution >= 0.6 is 0 Å². The number of hydrogen-bond donors (Lipinski definition) is 2. The third-order valence-corrected chi connectivity index (χ3v) is 3.29. The minimum atomic E-state index is -0.338. The molecule has 0 saturated carbocycles. The molecule has 1 aromatic heterocycles. The molecule has 6 heteroatoms. The van der Waals surface area contributed by atoms with Gasteiger partial charge >= 0.3 is 5.97 Å². The van der Waals surface area contributed by atoms with E-state index in [-0.39, 0.29) is 18.8 Å². The molecule has 6 nitrogen and oxygen atoms in total. The number of oxime groups is 1. The molecule has 0 saturated heterocycles. The van der Waals surface area contributed by atoms with Crippen LogP contribution in [0.25, 0.3) is 11.3 Å². The second-order valence-corrected chi connectivity index (χ2v) is 4.88. The molecule has 120 valence electrons. The van der Waals surface area contributed by atoms with Crippen LogP contribution in [0, 0.1) is 0 Å². The first-order chi connectivity index (χ1) is 11.2. The van der Waals surface area contributed by atoms with Crippen LogP contribution in [0.4, 0.5) is 5.69 Å². The number of nitrogens with zero attached hydrogens (tertiary/aromatic N) is 2. The molecule has 0 unspecified atom stereocenters. The highest BCUT2D eigenvalue weighted by Gasteiger charge is 2.12. The van der Waals surface area contributed by atoms with E-state index < -0.39 is 0 Å². The van der Waals surface area contributed by atoms with Gasteiger partial charge in [0.2, 0.25) is 0 Å². The van der Waals surface area contributed by atoms with Crippen LogP contribution in [0.5, 0.6) is 0 Å². The van der Waals surface area contributed by atoms with Gasteiger partial charge in [0.05, 0.1) is 30.1 Å².